The Morgan fingerprint density at radius 3 is 2.68 bits per heavy atom. The first-order valence-electron chi connectivity index (χ1n) is 10.1. The maximum atomic E-state index is 10.2. The molecule has 1 aromatic heterocycles. The van der Waals surface area contributed by atoms with Crippen molar-refractivity contribution in [3.8, 4) is 11.4 Å². The number of rotatable bonds is 5. The molecule has 0 bridgehead atoms. The highest BCUT2D eigenvalue weighted by molar-refractivity contribution is 6.30. The van der Waals surface area contributed by atoms with Gasteiger partial charge < -0.3 is 14.6 Å². The molecule has 1 saturated heterocycles. The van der Waals surface area contributed by atoms with E-state index in [2.05, 4.69) is 15.5 Å². The molecule has 8 nitrogen and oxygen atoms in total. The van der Waals surface area contributed by atoms with Gasteiger partial charge in [0.25, 0.3) is 0 Å². The van der Waals surface area contributed by atoms with Gasteiger partial charge in [-0.05, 0) is 51.1 Å². The Kier molecular flexibility index (Phi) is 5.02. The summed E-state index contributed by atoms with van der Waals surface area (Å²) in [6, 6.07) is 12.6. The van der Waals surface area contributed by atoms with Gasteiger partial charge >= 0.3 is 0 Å². The van der Waals surface area contributed by atoms with Crippen LogP contribution in [0.15, 0.2) is 47.5 Å². The highest BCUT2D eigenvalue weighted by Crippen LogP contribution is 2.34. The van der Waals surface area contributed by atoms with Crippen LogP contribution in [0, 0.1) is 6.92 Å². The van der Waals surface area contributed by atoms with Gasteiger partial charge in [0, 0.05) is 16.1 Å². The number of halogens is 1. The van der Waals surface area contributed by atoms with Crippen LogP contribution < -0.4 is 5.32 Å². The van der Waals surface area contributed by atoms with Crippen molar-refractivity contribution < 1.29 is 14.6 Å². The minimum absolute atomic E-state index is 0.0530. The zero-order valence-electron chi connectivity index (χ0n) is 17.3. The lowest BCUT2D eigenvalue weighted by Crippen LogP contribution is -2.28. The molecule has 2 aromatic carbocycles. The number of aliphatic imine (C=N–C) groups is 1. The van der Waals surface area contributed by atoms with Crippen LogP contribution in [0.2, 0.25) is 5.02 Å². The van der Waals surface area contributed by atoms with Crippen LogP contribution in [0.1, 0.15) is 42.8 Å². The van der Waals surface area contributed by atoms with E-state index in [0.29, 0.717) is 22.4 Å². The third kappa shape index (κ3) is 3.83. The van der Waals surface area contributed by atoms with Crippen LogP contribution in [0.25, 0.3) is 5.69 Å². The van der Waals surface area contributed by atoms with Crippen LogP contribution in [0.3, 0.4) is 0 Å². The Bertz CT molecular complexity index is 1160. The lowest BCUT2D eigenvalue weighted by Gasteiger charge is -2.13. The Labute approximate surface area is 184 Å². The van der Waals surface area contributed by atoms with E-state index in [4.69, 9.17) is 26.1 Å². The minimum atomic E-state index is -0.535. The first kappa shape index (κ1) is 20.1. The van der Waals surface area contributed by atoms with E-state index in [1.165, 1.54) is 0 Å². The molecule has 3 aromatic rings. The highest BCUT2D eigenvalue weighted by Gasteiger charge is 2.43. The number of nitrogens with one attached hydrogen (secondary N) is 1. The number of hydrogen-bond donors (Lipinski definition) is 2. The molecule has 3 heterocycles. The van der Waals surface area contributed by atoms with Crippen molar-refractivity contribution in [2.75, 3.05) is 0 Å². The third-order valence-electron chi connectivity index (χ3n) is 5.13. The number of aromatic nitrogens is 3. The van der Waals surface area contributed by atoms with Gasteiger partial charge in [-0.1, -0.05) is 23.7 Å². The molecule has 160 valence electrons. The van der Waals surface area contributed by atoms with E-state index in [1.807, 2.05) is 55.7 Å². The molecule has 9 heteroatoms. The standard InChI is InChI=1S/C22H22ClN5O3/c1-11(2)30-22-21(31-22)25-19-20-27-26-12(3)28(20)17-9-8-15(29)10-16(17)18(24-19)13-4-6-14(23)7-5-13/h4-11,19,21-22,25,29H,1-3H3. The van der Waals surface area contributed by atoms with Crippen LogP contribution in [0.5, 0.6) is 5.75 Å². The maximum Gasteiger partial charge on any atom is 0.199 e. The van der Waals surface area contributed by atoms with E-state index in [0.717, 1.165) is 16.8 Å². The Hall–Kier alpha value is -2.78. The first-order valence-corrected chi connectivity index (χ1v) is 10.4. The summed E-state index contributed by atoms with van der Waals surface area (Å²) in [4.78, 5) is 5.00. The van der Waals surface area contributed by atoms with Gasteiger partial charge in [0.1, 0.15) is 11.6 Å². The number of phenols is 1. The molecular weight excluding hydrogens is 418 g/mol. The molecule has 2 aliphatic rings. The topological polar surface area (TPSA) is 97.1 Å². The molecular formula is C22H22ClN5O3. The van der Waals surface area contributed by atoms with Gasteiger partial charge in [0.05, 0.1) is 17.5 Å². The summed E-state index contributed by atoms with van der Waals surface area (Å²) in [6.07, 6.45) is -1.12. The molecule has 2 N–H and O–H groups in total. The number of ether oxygens (including phenoxy) is 2. The van der Waals surface area contributed by atoms with E-state index in [-0.39, 0.29) is 24.4 Å². The van der Waals surface area contributed by atoms with Crippen LogP contribution in [-0.2, 0) is 9.47 Å². The molecule has 0 amide bonds. The number of benzene rings is 2. The number of nitrogens with zero attached hydrogens (tertiary/aromatic N) is 4. The summed E-state index contributed by atoms with van der Waals surface area (Å²) >= 11 is 6.10. The predicted octanol–water partition coefficient (Wildman–Crippen LogP) is 3.48. The number of fused-ring (bicyclic) bond motifs is 3. The van der Waals surface area contributed by atoms with Gasteiger partial charge in [-0.25, -0.2) is 0 Å². The second-order valence-corrected chi connectivity index (χ2v) is 8.24. The molecule has 31 heavy (non-hydrogen) atoms. The van der Waals surface area contributed by atoms with Crippen molar-refractivity contribution in [2.24, 2.45) is 4.99 Å². The Balaban J connectivity index is 1.63. The minimum Gasteiger partial charge on any atom is -0.508 e. The molecule has 3 atom stereocenters. The molecule has 0 spiro atoms. The largest absolute Gasteiger partial charge is 0.508 e. The van der Waals surface area contributed by atoms with Gasteiger partial charge in [0.15, 0.2) is 24.5 Å². The zero-order valence-corrected chi connectivity index (χ0v) is 18.0. The molecule has 2 aliphatic heterocycles. The summed E-state index contributed by atoms with van der Waals surface area (Å²) in [6.45, 7) is 5.81. The number of aryl methyl sites for hydroxylation is 1. The lowest BCUT2D eigenvalue weighted by molar-refractivity contribution is 0.00793. The monoisotopic (exact) mass is 439 g/mol. The van der Waals surface area contributed by atoms with Crippen LogP contribution in [-0.4, -0.2) is 44.2 Å². The average molecular weight is 440 g/mol. The fraction of sp³-hybridized carbons (Fsp3) is 0.318. The normalized spacial score (nSPS) is 22.0. The summed E-state index contributed by atoms with van der Waals surface area (Å²) in [5.74, 6) is 1.50. The van der Waals surface area contributed by atoms with E-state index in [9.17, 15) is 5.11 Å². The second kappa shape index (κ2) is 7.72. The molecule has 0 aliphatic carbocycles. The molecule has 0 saturated carbocycles. The highest BCUT2D eigenvalue weighted by atomic mass is 35.5. The summed E-state index contributed by atoms with van der Waals surface area (Å²) in [7, 11) is 0. The third-order valence-corrected chi connectivity index (χ3v) is 5.38. The second-order valence-electron chi connectivity index (χ2n) is 7.81. The maximum absolute atomic E-state index is 10.2. The zero-order chi connectivity index (χ0) is 21.7. The molecule has 5 rings (SSSR count). The number of aromatic hydroxyl groups is 1. The van der Waals surface area contributed by atoms with Crippen molar-refractivity contribution in [1.29, 1.82) is 0 Å². The fourth-order valence-electron chi connectivity index (χ4n) is 3.71. The van der Waals surface area contributed by atoms with Crippen molar-refractivity contribution in [1.82, 2.24) is 20.1 Å². The number of phenolic OH excluding ortho intramolecular Hbond substituents is 1. The Morgan fingerprint density at radius 1 is 1.16 bits per heavy atom. The summed E-state index contributed by atoms with van der Waals surface area (Å²) in [5, 5.41) is 22.9. The van der Waals surface area contributed by atoms with Gasteiger partial charge in [-0.3, -0.25) is 14.9 Å². The van der Waals surface area contributed by atoms with Crippen molar-refractivity contribution >= 4 is 17.3 Å². The van der Waals surface area contributed by atoms with Gasteiger partial charge in [-0.15, -0.1) is 10.2 Å². The van der Waals surface area contributed by atoms with Crippen LogP contribution in [0.4, 0.5) is 0 Å². The van der Waals surface area contributed by atoms with Crippen molar-refractivity contribution in [3.05, 3.63) is 70.3 Å². The van der Waals surface area contributed by atoms with E-state index < -0.39 is 6.17 Å². The van der Waals surface area contributed by atoms with E-state index >= 15 is 0 Å². The summed E-state index contributed by atoms with van der Waals surface area (Å²) in [5.41, 5.74) is 3.17. The van der Waals surface area contributed by atoms with Crippen LogP contribution >= 0.6 is 11.6 Å². The van der Waals surface area contributed by atoms with Gasteiger partial charge in [0.2, 0.25) is 0 Å². The molecule has 3 unspecified atom stereocenters. The van der Waals surface area contributed by atoms with E-state index in [1.54, 1.807) is 12.1 Å². The van der Waals surface area contributed by atoms with Gasteiger partial charge in [-0.2, -0.15) is 0 Å². The van der Waals surface area contributed by atoms with Crippen molar-refractivity contribution in [2.45, 2.75) is 45.6 Å². The average Bonchev–Trinajstić information content (AvgIpc) is 3.36. The summed E-state index contributed by atoms with van der Waals surface area (Å²) < 4.78 is 13.3. The SMILES string of the molecule is Cc1nnc2n1-c1ccc(O)cc1C(c1ccc(Cl)cc1)=NC2NC1OC1OC(C)C. The predicted molar refractivity (Wildman–Crippen MR) is 116 cm³/mol. The smallest absolute Gasteiger partial charge is 0.199 e. The molecule has 1 fully saturated rings. The first-order chi connectivity index (χ1) is 14.9. The number of hydrogen-bond acceptors (Lipinski definition) is 7. The fourth-order valence-corrected chi connectivity index (χ4v) is 3.84. The number of epoxide rings is 1. The Morgan fingerprint density at radius 2 is 1.94 bits per heavy atom. The quantitative estimate of drug-likeness (QED) is 0.591. The lowest BCUT2D eigenvalue weighted by atomic mass is 10.00. The molecule has 0 radical (unpaired) electrons. The van der Waals surface area contributed by atoms with Crippen molar-refractivity contribution in [3.63, 3.8) is 0 Å².